The summed E-state index contributed by atoms with van der Waals surface area (Å²) in [6.45, 7) is 3.87. The number of hydrogen-bond acceptors (Lipinski definition) is 3. The van der Waals surface area contributed by atoms with Crippen LogP contribution in [0.3, 0.4) is 0 Å². The van der Waals surface area contributed by atoms with Crippen molar-refractivity contribution in [2.75, 3.05) is 4.72 Å². The van der Waals surface area contributed by atoms with Crippen molar-refractivity contribution in [1.29, 1.82) is 0 Å². The monoisotopic (exact) mass is 468 g/mol. The minimum absolute atomic E-state index is 0.0564. The van der Waals surface area contributed by atoms with Gasteiger partial charge in [-0.2, -0.15) is 0 Å². The number of carbonyl (C=O) groups is 1. The zero-order valence-electron chi connectivity index (χ0n) is 18.0. The third kappa shape index (κ3) is 4.66. The Morgan fingerprint density at radius 2 is 1.78 bits per heavy atom. The zero-order valence-corrected chi connectivity index (χ0v) is 19.6. The van der Waals surface area contributed by atoms with Gasteiger partial charge in [0, 0.05) is 11.3 Å². The highest BCUT2D eigenvalue weighted by atomic mass is 35.5. The van der Waals surface area contributed by atoms with Gasteiger partial charge in [-0.05, 0) is 85.7 Å². The molecule has 0 fully saturated rings. The number of sulfonamides is 1. The lowest BCUT2D eigenvalue weighted by Gasteiger charge is -2.26. The maximum absolute atomic E-state index is 13.0. The lowest BCUT2D eigenvalue weighted by molar-refractivity contribution is 0.0932. The third-order valence-corrected chi connectivity index (χ3v) is 7.78. The van der Waals surface area contributed by atoms with Crippen molar-refractivity contribution in [3.05, 3.63) is 93.5 Å². The summed E-state index contributed by atoms with van der Waals surface area (Å²) in [5.41, 5.74) is 5.08. The van der Waals surface area contributed by atoms with Gasteiger partial charge in [0.1, 0.15) is 4.90 Å². The fraction of sp³-hybridized carbons (Fsp3) is 0.240. The van der Waals surface area contributed by atoms with E-state index in [1.54, 1.807) is 18.2 Å². The van der Waals surface area contributed by atoms with Crippen LogP contribution < -0.4 is 10.0 Å². The van der Waals surface area contributed by atoms with E-state index in [0.29, 0.717) is 5.69 Å². The Balaban J connectivity index is 1.58. The van der Waals surface area contributed by atoms with E-state index >= 15 is 0 Å². The predicted molar refractivity (Wildman–Crippen MR) is 128 cm³/mol. The van der Waals surface area contributed by atoms with Gasteiger partial charge in [-0.3, -0.25) is 9.52 Å². The van der Waals surface area contributed by atoms with E-state index in [4.69, 9.17) is 11.6 Å². The highest BCUT2D eigenvalue weighted by Gasteiger charge is 2.24. The number of aryl methyl sites for hydroxylation is 3. The van der Waals surface area contributed by atoms with Gasteiger partial charge in [-0.25, -0.2) is 8.42 Å². The maximum atomic E-state index is 13.0. The van der Waals surface area contributed by atoms with Crippen molar-refractivity contribution in [2.45, 2.75) is 44.0 Å². The first-order valence-electron chi connectivity index (χ1n) is 10.5. The van der Waals surface area contributed by atoms with Crippen LogP contribution in [0.2, 0.25) is 5.02 Å². The first kappa shape index (κ1) is 22.4. The molecule has 2 N–H and O–H groups in total. The Kier molecular flexibility index (Phi) is 6.26. The lowest BCUT2D eigenvalue weighted by Crippen LogP contribution is -2.31. The minimum Gasteiger partial charge on any atom is -0.345 e. The number of carbonyl (C=O) groups excluding carboxylic acids is 1. The van der Waals surface area contributed by atoms with E-state index in [1.807, 2.05) is 38.1 Å². The third-order valence-electron chi connectivity index (χ3n) is 5.92. The Morgan fingerprint density at radius 3 is 2.56 bits per heavy atom. The highest BCUT2D eigenvalue weighted by molar-refractivity contribution is 7.92. The fourth-order valence-electron chi connectivity index (χ4n) is 4.01. The predicted octanol–water partition coefficient (Wildman–Crippen LogP) is 5.57. The number of rotatable bonds is 5. The fourth-order valence-corrected chi connectivity index (χ4v) is 5.59. The molecule has 1 aliphatic carbocycles. The van der Waals surface area contributed by atoms with Crippen LogP contribution in [-0.2, 0) is 16.4 Å². The molecule has 1 aliphatic rings. The molecule has 0 heterocycles. The smallest absolute Gasteiger partial charge is 0.263 e. The summed E-state index contributed by atoms with van der Waals surface area (Å²) < 4.78 is 28.6. The molecule has 0 aromatic heterocycles. The summed E-state index contributed by atoms with van der Waals surface area (Å²) in [4.78, 5) is 12.9. The van der Waals surface area contributed by atoms with E-state index in [0.717, 1.165) is 36.0 Å². The maximum Gasteiger partial charge on any atom is 0.263 e. The number of halogens is 1. The molecule has 7 heteroatoms. The summed E-state index contributed by atoms with van der Waals surface area (Å²) >= 11 is 6.22. The van der Waals surface area contributed by atoms with Crippen LogP contribution in [0, 0.1) is 13.8 Å². The van der Waals surface area contributed by atoms with Gasteiger partial charge < -0.3 is 5.32 Å². The van der Waals surface area contributed by atoms with E-state index in [1.165, 1.54) is 17.7 Å². The Bertz CT molecular complexity index is 1290. The van der Waals surface area contributed by atoms with Crippen molar-refractivity contribution >= 4 is 33.2 Å². The number of anilines is 1. The van der Waals surface area contributed by atoms with Gasteiger partial charge in [0.2, 0.25) is 0 Å². The summed E-state index contributed by atoms with van der Waals surface area (Å²) in [5.74, 6) is -0.328. The molecule has 32 heavy (non-hydrogen) atoms. The number of nitrogens with one attached hydrogen (secondary N) is 2. The second-order valence-corrected chi connectivity index (χ2v) is 10.2. The molecule has 0 aliphatic heterocycles. The molecule has 1 amide bonds. The molecule has 0 unspecified atom stereocenters. The molecule has 0 radical (unpaired) electrons. The molecule has 0 spiro atoms. The average Bonchev–Trinajstić information content (AvgIpc) is 2.76. The van der Waals surface area contributed by atoms with Crippen LogP contribution in [-0.4, -0.2) is 14.3 Å². The molecule has 5 nitrogen and oxygen atoms in total. The largest absolute Gasteiger partial charge is 0.345 e. The van der Waals surface area contributed by atoms with Crippen LogP contribution in [0.15, 0.2) is 65.6 Å². The summed E-state index contributed by atoms with van der Waals surface area (Å²) in [6.07, 6.45) is 2.83. The van der Waals surface area contributed by atoms with Crippen LogP contribution in [0.25, 0.3) is 0 Å². The number of hydrogen-bond donors (Lipinski definition) is 2. The molecular formula is C25H25ClN2O3S. The topological polar surface area (TPSA) is 75.3 Å². The van der Waals surface area contributed by atoms with Crippen molar-refractivity contribution < 1.29 is 13.2 Å². The number of amides is 1. The second kappa shape index (κ2) is 8.96. The first-order chi connectivity index (χ1) is 15.2. The first-order valence-corrected chi connectivity index (χ1v) is 12.4. The summed E-state index contributed by atoms with van der Waals surface area (Å²) in [6, 6.07) is 17.6. The normalized spacial score (nSPS) is 15.7. The Morgan fingerprint density at radius 1 is 1.00 bits per heavy atom. The highest BCUT2D eigenvalue weighted by Crippen LogP contribution is 2.30. The quantitative estimate of drug-likeness (QED) is 0.514. The van der Waals surface area contributed by atoms with Crippen LogP contribution in [0.4, 0.5) is 5.69 Å². The Labute approximate surface area is 193 Å². The summed E-state index contributed by atoms with van der Waals surface area (Å²) in [5, 5.41) is 3.11. The van der Waals surface area contributed by atoms with Gasteiger partial charge in [0.05, 0.1) is 11.1 Å². The van der Waals surface area contributed by atoms with Crippen LogP contribution >= 0.6 is 11.6 Å². The van der Waals surface area contributed by atoms with Gasteiger partial charge >= 0.3 is 0 Å². The van der Waals surface area contributed by atoms with Crippen molar-refractivity contribution in [3.63, 3.8) is 0 Å². The standard InChI is InChI=1S/C25H25ClN2O3S/c1-16-10-12-20(14-17(16)2)28-32(30,31)24-15-19(11-13-22(24)26)25(29)27-23-9-5-7-18-6-3-4-8-21(18)23/h3-4,6,8,10-15,23,28H,5,7,9H2,1-2H3,(H,27,29)/t23-/m0/s1. The average molecular weight is 469 g/mol. The van der Waals surface area contributed by atoms with Crippen molar-refractivity contribution in [2.24, 2.45) is 0 Å². The van der Waals surface area contributed by atoms with Crippen molar-refractivity contribution in [1.82, 2.24) is 5.32 Å². The molecule has 3 aromatic rings. The lowest BCUT2D eigenvalue weighted by atomic mass is 9.87. The SMILES string of the molecule is Cc1ccc(NS(=O)(=O)c2cc(C(=O)N[C@H]3CCCc4ccccc43)ccc2Cl)cc1C. The summed E-state index contributed by atoms with van der Waals surface area (Å²) in [7, 11) is -3.97. The van der Waals surface area contributed by atoms with Gasteiger partial charge in [-0.1, -0.05) is 41.9 Å². The molecule has 0 saturated heterocycles. The van der Waals surface area contributed by atoms with E-state index < -0.39 is 10.0 Å². The van der Waals surface area contributed by atoms with Gasteiger partial charge in [0.25, 0.3) is 15.9 Å². The molecule has 1 atom stereocenters. The van der Waals surface area contributed by atoms with E-state index in [2.05, 4.69) is 16.1 Å². The number of benzene rings is 3. The molecule has 0 saturated carbocycles. The second-order valence-electron chi connectivity index (χ2n) is 8.17. The molecule has 0 bridgehead atoms. The minimum atomic E-state index is -3.97. The molecule has 166 valence electrons. The molecule has 3 aromatic carbocycles. The van der Waals surface area contributed by atoms with Crippen LogP contribution in [0.5, 0.6) is 0 Å². The van der Waals surface area contributed by atoms with E-state index in [9.17, 15) is 13.2 Å². The zero-order chi connectivity index (χ0) is 22.9. The molecule has 4 rings (SSSR count). The number of fused-ring (bicyclic) bond motifs is 1. The Hall–Kier alpha value is -2.83. The van der Waals surface area contributed by atoms with Gasteiger partial charge in [-0.15, -0.1) is 0 Å². The van der Waals surface area contributed by atoms with Gasteiger partial charge in [0.15, 0.2) is 0 Å². The van der Waals surface area contributed by atoms with E-state index in [-0.39, 0.29) is 27.4 Å². The van der Waals surface area contributed by atoms with Crippen LogP contribution in [0.1, 0.15) is 51.5 Å². The molecular weight excluding hydrogens is 444 g/mol. The van der Waals surface area contributed by atoms with Crippen molar-refractivity contribution in [3.8, 4) is 0 Å².